The van der Waals surface area contributed by atoms with Crippen LogP contribution in [-0.2, 0) is 16.0 Å². The van der Waals surface area contributed by atoms with Crippen LogP contribution in [0.3, 0.4) is 0 Å². The van der Waals surface area contributed by atoms with Crippen molar-refractivity contribution in [1.82, 2.24) is 5.32 Å². The molecule has 0 spiro atoms. The molecule has 1 saturated heterocycles. The van der Waals surface area contributed by atoms with Gasteiger partial charge in [-0.2, -0.15) is 11.3 Å². The zero-order chi connectivity index (χ0) is 12.1. The van der Waals surface area contributed by atoms with Crippen LogP contribution in [0.25, 0.3) is 0 Å². The average molecular weight is 255 g/mol. The first-order valence-corrected chi connectivity index (χ1v) is 6.70. The van der Waals surface area contributed by atoms with Crippen LogP contribution in [0, 0.1) is 0 Å². The minimum atomic E-state index is -0.789. The second-order valence-corrected chi connectivity index (χ2v) is 5.20. The third-order valence-corrected chi connectivity index (χ3v) is 3.71. The van der Waals surface area contributed by atoms with E-state index in [2.05, 4.69) is 5.32 Å². The molecule has 1 amide bonds. The molecule has 2 N–H and O–H groups in total. The Hall–Kier alpha value is -0.910. The fourth-order valence-corrected chi connectivity index (χ4v) is 2.50. The van der Waals surface area contributed by atoms with Crippen molar-refractivity contribution < 1.29 is 14.6 Å². The number of hydrogen-bond acceptors (Lipinski definition) is 4. The van der Waals surface area contributed by atoms with E-state index < -0.39 is 5.60 Å². The highest BCUT2D eigenvalue weighted by atomic mass is 32.1. The van der Waals surface area contributed by atoms with Gasteiger partial charge in [0.1, 0.15) is 0 Å². The number of nitrogens with one attached hydrogen (secondary N) is 1. The summed E-state index contributed by atoms with van der Waals surface area (Å²) in [4.78, 5) is 11.6. The standard InChI is InChI=1S/C12H17NO3S/c14-11(7-10-1-6-17-8-10)13-9-12(15)2-4-16-5-3-12/h1,6,8,15H,2-5,7,9H2,(H,13,14). The van der Waals surface area contributed by atoms with Gasteiger partial charge in [-0.15, -0.1) is 0 Å². The van der Waals surface area contributed by atoms with Crippen LogP contribution in [-0.4, -0.2) is 36.4 Å². The fourth-order valence-electron chi connectivity index (χ4n) is 1.83. The van der Waals surface area contributed by atoms with E-state index in [1.807, 2.05) is 16.8 Å². The van der Waals surface area contributed by atoms with Gasteiger partial charge in [0.15, 0.2) is 0 Å². The van der Waals surface area contributed by atoms with Crippen molar-refractivity contribution in [3.8, 4) is 0 Å². The summed E-state index contributed by atoms with van der Waals surface area (Å²) in [6, 6.07) is 1.94. The summed E-state index contributed by atoms with van der Waals surface area (Å²) in [6.45, 7) is 1.45. The molecule has 1 aromatic rings. The molecule has 0 radical (unpaired) electrons. The Labute approximate surface area is 105 Å². The average Bonchev–Trinajstić information content (AvgIpc) is 2.80. The quantitative estimate of drug-likeness (QED) is 0.842. The number of thiophene rings is 1. The van der Waals surface area contributed by atoms with Gasteiger partial charge in [0, 0.05) is 32.6 Å². The van der Waals surface area contributed by atoms with Gasteiger partial charge >= 0.3 is 0 Å². The predicted molar refractivity (Wildman–Crippen MR) is 66.0 cm³/mol. The van der Waals surface area contributed by atoms with E-state index in [1.54, 1.807) is 11.3 Å². The molecule has 2 rings (SSSR count). The van der Waals surface area contributed by atoms with Crippen LogP contribution in [0.4, 0.5) is 0 Å². The summed E-state index contributed by atoms with van der Waals surface area (Å²) in [5.41, 5.74) is 0.231. The van der Waals surface area contributed by atoms with Gasteiger partial charge in [0.25, 0.3) is 0 Å². The summed E-state index contributed by atoms with van der Waals surface area (Å²) in [7, 11) is 0. The van der Waals surface area contributed by atoms with Crippen LogP contribution >= 0.6 is 11.3 Å². The molecule has 0 saturated carbocycles. The lowest BCUT2D eigenvalue weighted by molar-refractivity contribution is -0.123. The Morgan fingerprint density at radius 1 is 1.53 bits per heavy atom. The van der Waals surface area contributed by atoms with Crippen LogP contribution < -0.4 is 5.32 Å². The summed E-state index contributed by atoms with van der Waals surface area (Å²) < 4.78 is 5.19. The van der Waals surface area contributed by atoms with E-state index in [9.17, 15) is 9.90 Å². The maximum atomic E-state index is 11.6. The van der Waals surface area contributed by atoms with E-state index in [0.29, 0.717) is 39.0 Å². The van der Waals surface area contributed by atoms with E-state index >= 15 is 0 Å². The lowest BCUT2D eigenvalue weighted by atomic mass is 9.94. The Kier molecular flexibility index (Phi) is 4.15. The summed E-state index contributed by atoms with van der Waals surface area (Å²) in [5.74, 6) is -0.0386. The van der Waals surface area contributed by atoms with Crippen molar-refractivity contribution in [3.63, 3.8) is 0 Å². The lowest BCUT2D eigenvalue weighted by Gasteiger charge is -2.32. The number of carbonyl (C=O) groups excluding carboxylic acids is 1. The van der Waals surface area contributed by atoms with E-state index in [0.717, 1.165) is 5.56 Å². The molecular formula is C12H17NO3S. The third-order valence-electron chi connectivity index (χ3n) is 2.98. The Morgan fingerprint density at radius 3 is 2.94 bits per heavy atom. The molecule has 5 heteroatoms. The zero-order valence-electron chi connectivity index (χ0n) is 9.65. The normalized spacial score (nSPS) is 18.9. The van der Waals surface area contributed by atoms with Crippen molar-refractivity contribution in [1.29, 1.82) is 0 Å². The molecule has 1 aliphatic rings. The predicted octanol–water partition coefficient (Wildman–Crippen LogP) is 0.948. The van der Waals surface area contributed by atoms with Gasteiger partial charge in [-0.3, -0.25) is 4.79 Å². The molecule has 17 heavy (non-hydrogen) atoms. The van der Waals surface area contributed by atoms with E-state index in [-0.39, 0.29) is 5.91 Å². The SMILES string of the molecule is O=C(Cc1ccsc1)NCC1(O)CCOCC1. The van der Waals surface area contributed by atoms with Crippen molar-refractivity contribution in [3.05, 3.63) is 22.4 Å². The van der Waals surface area contributed by atoms with Crippen LogP contribution in [0.1, 0.15) is 18.4 Å². The highest BCUT2D eigenvalue weighted by Crippen LogP contribution is 2.19. The highest BCUT2D eigenvalue weighted by Gasteiger charge is 2.29. The van der Waals surface area contributed by atoms with Gasteiger partial charge < -0.3 is 15.2 Å². The maximum absolute atomic E-state index is 11.6. The topological polar surface area (TPSA) is 58.6 Å². The molecule has 1 aromatic heterocycles. The third kappa shape index (κ3) is 3.80. The molecule has 1 fully saturated rings. The first-order chi connectivity index (χ1) is 8.18. The van der Waals surface area contributed by atoms with Gasteiger partial charge in [-0.25, -0.2) is 0 Å². The van der Waals surface area contributed by atoms with Crippen LogP contribution in [0.5, 0.6) is 0 Å². The maximum Gasteiger partial charge on any atom is 0.224 e. The molecule has 4 nitrogen and oxygen atoms in total. The molecule has 2 heterocycles. The molecule has 1 aliphatic heterocycles. The van der Waals surface area contributed by atoms with E-state index in [1.165, 1.54) is 0 Å². The van der Waals surface area contributed by atoms with Crippen molar-refractivity contribution in [2.45, 2.75) is 24.9 Å². The van der Waals surface area contributed by atoms with Crippen molar-refractivity contribution in [2.24, 2.45) is 0 Å². The first kappa shape index (κ1) is 12.5. The summed E-state index contributed by atoms with van der Waals surface area (Å²) in [6.07, 6.45) is 1.56. The lowest BCUT2D eigenvalue weighted by Crippen LogP contribution is -2.46. The number of amides is 1. The Morgan fingerprint density at radius 2 is 2.29 bits per heavy atom. The van der Waals surface area contributed by atoms with Crippen molar-refractivity contribution >= 4 is 17.2 Å². The van der Waals surface area contributed by atoms with Crippen LogP contribution in [0.2, 0.25) is 0 Å². The summed E-state index contributed by atoms with van der Waals surface area (Å²) >= 11 is 1.58. The highest BCUT2D eigenvalue weighted by molar-refractivity contribution is 7.07. The first-order valence-electron chi connectivity index (χ1n) is 5.76. The number of aliphatic hydroxyl groups is 1. The molecule has 0 unspecified atom stereocenters. The molecular weight excluding hydrogens is 238 g/mol. The summed E-state index contributed by atoms with van der Waals surface area (Å²) in [5, 5.41) is 16.9. The zero-order valence-corrected chi connectivity index (χ0v) is 10.5. The Balaban J connectivity index is 1.75. The van der Waals surface area contributed by atoms with Gasteiger partial charge in [-0.1, -0.05) is 0 Å². The number of ether oxygens (including phenoxy) is 1. The largest absolute Gasteiger partial charge is 0.388 e. The van der Waals surface area contributed by atoms with Gasteiger partial charge in [-0.05, 0) is 22.4 Å². The van der Waals surface area contributed by atoms with Gasteiger partial charge in [0.05, 0.1) is 12.0 Å². The number of rotatable bonds is 4. The fraction of sp³-hybridized carbons (Fsp3) is 0.583. The van der Waals surface area contributed by atoms with Crippen LogP contribution in [0.15, 0.2) is 16.8 Å². The minimum absolute atomic E-state index is 0.0386. The molecule has 0 atom stereocenters. The molecule has 0 aliphatic carbocycles. The second kappa shape index (κ2) is 5.62. The number of carbonyl (C=O) groups is 1. The van der Waals surface area contributed by atoms with E-state index in [4.69, 9.17) is 4.74 Å². The van der Waals surface area contributed by atoms with Gasteiger partial charge in [0.2, 0.25) is 5.91 Å². The molecule has 94 valence electrons. The smallest absolute Gasteiger partial charge is 0.224 e. The minimum Gasteiger partial charge on any atom is -0.388 e. The monoisotopic (exact) mass is 255 g/mol. The Bertz CT molecular complexity index is 358. The number of hydrogen-bond donors (Lipinski definition) is 2. The van der Waals surface area contributed by atoms with Crippen molar-refractivity contribution in [2.75, 3.05) is 19.8 Å². The molecule has 0 bridgehead atoms. The molecule has 0 aromatic carbocycles. The second-order valence-electron chi connectivity index (χ2n) is 4.42.